The van der Waals surface area contributed by atoms with E-state index in [2.05, 4.69) is 28.7 Å². The molecule has 3 heterocycles. The number of likely N-dealkylation sites (tertiary alicyclic amines) is 1. The van der Waals surface area contributed by atoms with Gasteiger partial charge in [-0.25, -0.2) is 4.98 Å². The number of pyridine rings is 1. The zero-order chi connectivity index (χ0) is 16.2. The Morgan fingerprint density at radius 3 is 2.74 bits per heavy atom. The number of piperidine rings is 1. The van der Waals surface area contributed by atoms with Crippen LogP contribution in [-0.4, -0.2) is 28.0 Å². The van der Waals surface area contributed by atoms with Crippen LogP contribution in [-0.2, 0) is 13.0 Å². The predicted molar refractivity (Wildman–Crippen MR) is 89.4 cm³/mol. The van der Waals surface area contributed by atoms with Gasteiger partial charge in [0.1, 0.15) is 6.26 Å². The molecule has 1 aliphatic rings. The van der Waals surface area contributed by atoms with E-state index in [9.17, 15) is 4.79 Å². The first kappa shape index (κ1) is 16.0. The van der Waals surface area contributed by atoms with Gasteiger partial charge in [0.05, 0.1) is 5.69 Å². The molecule has 0 spiro atoms. The standard InChI is InChI=1S/C18H25N3O2/c1-13(2)18-20-16(12-23-18)11-21-7-5-14(6-8-21)9-15-3-4-17(22)19-10-15/h3-4,10,12-14H,5-9,11H2,1-2H3,(H,19,22). The normalized spacial score (nSPS) is 17.0. The molecule has 1 N–H and O–H groups in total. The fourth-order valence-corrected chi connectivity index (χ4v) is 3.14. The van der Waals surface area contributed by atoms with E-state index in [1.54, 1.807) is 12.3 Å². The van der Waals surface area contributed by atoms with Crippen molar-refractivity contribution < 1.29 is 4.42 Å². The maximum absolute atomic E-state index is 11.1. The van der Waals surface area contributed by atoms with E-state index in [4.69, 9.17) is 4.42 Å². The van der Waals surface area contributed by atoms with Crippen molar-refractivity contribution in [3.63, 3.8) is 0 Å². The third kappa shape index (κ3) is 4.32. The summed E-state index contributed by atoms with van der Waals surface area (Å²) in [6.07, 6.45) is 7.06. The van der Waals surface area contributed by atoms with Crippen LogP contribution in [0.3, 0.4) is 0 Å². The van der Waals surface area contributed by atoms with E-state index in [1.807, 2.05) is 12.3 Å². The van der Waals surface area contributed by atoms with Gasteiger partial charge in [0.2, 0.25) is 5.56 Å². The summed E-state index contributed by atoms with van der Waals surface area (Å²) in [5.41, 5.74) is 2.23. The summed E-state index contributed by atoms with van der Waals surface area (Å²) in [4.78, 5) is 20.9. The average Bonchev–Trinajstić information content (AvgIpc) is 3.00. The molecule has 2 aromatic heterocycles. The van der Waals surface area contributed by atoms with E-state index in [1.165, 1.54) is 18.4 Å². The van der Waals surface area contributed by atoms with Crippen LogP contribution in [0, 0.1) is 5.92 Å². The molecule has 1 saturated heterocycles. The molecule has 1 fully saturated rings. The number of rotatable bonds is 5. The Bertz CT molecular complexity index is 661. The molecule has 0 aromatic carbocycles. The summed E-state index contributed by atoms with van der Waals surface area (Å²) in [6, 6.07) is 3.55. The third-order valence-electron chi connectivity index (χ3n) is 4.53. The molecule has 0 bridgehead atoms. The minimum absolute atomic E-state index is 0.0306. The first-order valence-corrected chi connectivity index (χ1v) is 8.44. The van der Waals surface area contributed by atoms with Crippen molar-refractivity contribution in [1.82, 2.24) is 14.9 Å². The van der Waals surface area contributed by atoms with Crippen molar-refractivity contribution >= 4 is 0 Å². The van der Waals surface area contributed by atoms with Gasteiger partial charge in [-0.05, 0) is 43.8 Å². The van der Waals surface area contributed by atoms with E-state index in [-0.39, 0.29) is 5.56 Å². The number of H-pyrrole nitrogens is 1. The monoisotopic (exact) mass is 315 g/mol. The van der Waals surface area contributed by atoms with E-state index in [0.717, 1.165) is 37.6 Å². The van der Waals surface area contributed by atoms with Crippen molar-refractivity contribution in [3.8, 4) is 0 Å². The summed E-state index contributed by atoms with van der Waals surface area (Å²) < 4.78 is 5.51. The maximum Gasteiger partial charge on any atom is 0.247 e. The van der Waals surface area contributed by atoms with Crippen LogP contribution < -0.4 is 5.56 Å². The molecule has 5 heteroatoms. The highest BCUT2D eigenvalue weighted by molar-refractivity contribution is 5.09. The second-order valence-corrected chi connectivity index (χ2v) is 6.82. The van der Waals surface area contributed by atoms with Crippen molar-refractivity contribution in [2.45, 2.75) is 45.6 Å². The molecule has 0 saturated carbocycles. The molecule has 1 aliphatic heterocycles. The van der Waals surface area contributed by atoms with Crippen molar-refractivity contribution in [1.29, 1.82) is 0 Å². The van der Waals surface area contributed by atoms with Gasteiger partial charge in [-0.2, -0.15) is 0 Å². The molecule has 3 rings (SSSR count). The zero-order valence-corrected chi connectivity index (χ0v) is 13.9. The van der Waals surface area contributed by atoms with E-state index < -0.39 is 0 Å². The molecule has 0 radical (unpaired) electrons. The molecular formula is C18H25N3O2. The summed E-state index contributed by atoms with van der Waals surface area (Å²) in [6.45, 7) is 7.26. The van der Waals surface area contributed by atoms with Crippen LogP contribution >= 0.6 is 0 Å². The van der Waals surface area contributed by atoms with Crippen LogP contribution in [0.4, 0.5) is 0 Å². The lowest BCUT2D eigenvalue weighted by Gasteiger charge is -2.31. The van der Waals surface area contributed by atoms with Gasteiger partial charge in [-0.3, -0.25) is 9.69 Å². The number of hydrogen-bond acceptors (Lipinski definition) is 4. The van der Waals surface area contributed by atoms with Crippen LogP contribution in [0.1, 0.15) is 49.8 Å². The Labute approximate surface area is 136 Å². The summed E-state index contributed by atoms with van der Waals surface area (Å²) in [5, 5.41) is 0. The zero-order valence-electron chi connectivity index (χ0n) is 13.9. The molecule has 0 amide bonds. The third-order valence-corrected chi connectivity index (χ3v) is 4.53. The SMILES string of the molecule is CC(C)c1nc(CN2CCC(Cc3ccc(=O)[nH]c3)CC2)co1. The Hall–Kier alpha value is -1.88. The largest absolute Gasteiger partial charge is 0.448 e. The first-order chi connectivity index (χ1) is 11.1. The number of aromatic nitrogens is 2. The van der Waals surface area contributed by atoms with Gasteiger partial charge >= 0.3 is 0 Å². The Kier molecular flexibility index (Phi) is 4.96. The highest BCUT2D eigenvalue weighted by Crippen LogP contribution is 2.23. The maximum atomic E-state index is 11.1. The quantitative estimate of drug-likeness (QED) is 0.921. The van der Waals surface area contributed by atoms with Crippen molar-refractivity contribution in [2.24, 2.45) is 5.92 Å². The smallest absolute Gasteiger partial charge is 0.247 e. The average molecular weight is 315 g/mol. The second kappa shape index (κ2) is 7.13. The van der Waals surface area contributed by atoms with Crippen LogP contribution in [0.25, 0.3) is 0 Å². The van der Waals surface area contributed by atoms with Crippen molar-refractivity contribution in [2.75, 3.05) is 13.1 Å². The molecule has 124 valence electrons. The minimum atomic E-state index is -0.0306. The summed E-state index contributed by atoms with van der Waals surface area (Å²) in [7, 11) is 0. The number of nitrogens with one attached hydrogen (secondary N) is 1. The van der Waals surface area contributed by atoms with E-state index >= 15 is 0 Å². The fourth-order valence-electron chi connectivity index (χ4n) is 3.14. The van der Waals surface area contributed by atoms with Gasteiger partial charge < -0.3 is 9.40 Å². The minimum Gasteiger partial charge on any atom is -0.448 e. The topological polar surface area (TPSA) is 62.1 Å². The Morgan fingerprint density at radius 2 is 2.13 bits per heavy atom. The van der Waals surface area contributed by atoms with Crippen LogP contribution in [0.2, 0.25) is 0 Å². The van der Waals surface area contributed by atoms with Crippen molar-refractivity contribution in [3.05, 3.63) is 52.1 Å². The highest BCUT2D eigenvalue weighted by atomic mass is 16.3. The van der Waals surface area contributed by atoms with Gasteiger partial charge in [0.15, 0.2) is 5.89 Å². The molecule has 0 unspecified atom stereocenters. The molecular weight excluding hydrogens is 290 g/mol. The summed E-state index contributed by atoms with van der Waals surface area (Å²) >= 11 is 0. The first-order valence-electron chi connectivity index (χ1n) is 8.44. The fraction of sp³-hybridized carbons (Fsp3) is 0.556. The second-order valence-electron chi connectivity index (χ2n) is 6.82. The molecule has 0 aliphatic carbocycles. The van der Waals surface area contributed by atoms with Gasteiger partial charge in [-0.15, -0.1) is 0 Å². The lowest BCUT2D eigenvalue weighted by Crippen LogP contribution is -2.34. The number of hydrogen-bond donors (Lipinski definition) is 1. The molecule has 23 heavy (non-hydrogen) atoms. The van der Waals surface area contributed by atoms with Crippen LogP contribution in [0.15, 0.2) is 33.8 Å². The molecule has 5 nitrogen and oxygen atoms in total. The lowest BCUT2D eigenvalue weighted by molar-refractivity contribution is 0.175. The van der Waals surface area contributed by atoms with Gasteiger partial charge in [0, 0.05) is 24.7 Å². The Morgan fingerprint density at radius 1 is 1.35 bits per heavy atom. The number of oxazole rings is 1. The van der Waals surface area contributed by atoms with Crippen LogP contribution in [0.5, 0.6) is 0 Å². The van der Waals surface area contributed by atoms with Gasteiger partial charge in [0.25, 0.3) is 0 Å². The predicted octanol–water partition coefficient (Wildman–Crippen LogP) is 2.94. The number of nitrogens with zero attached hydrogens (tertiary/aromatic N) is 2. The van der Waals surface area contributed by atoms with Gasteiger partial charge in [-0.1, -0.05) is 19.9 Å². The number of aromatic amines is 1. The Balaban J connectivity index is 1.48. The lowest BCUT2D eigenvalue weighted by atomic mass is 9.91. The van der Waals surface area contributed by atoms with E-state index in [0.29, 0.717) is 11.8 Å². The highest BCUT2D eigenvalue weighted by Gasteiger charge is 2.20. The molecule has 2 aromatic rings. The summed E-state index contributed by atoms with van der Waals surface area (Å²) in [5.74, 6) is 1.86. The molecule has 0 atom stereocenters.